The zero-order chi connectivity index (χ0) is 6.91. The minimum atomic E-state index is 0.00734. The zero-order valence-electron chi connectivity index (χ0n) is 6.05. The van der Waals surface area contributed by atoms with Crippen molar-refractivity contribution in [2.75, 3.05) is 6.61 Å². The smallest absolute Gasteiger partial charge is 0.142 e. The van der Waals surface area contributed by atoms with Gasteiger partial charge < -0.3 is 9.84 Å². The Morgan fingerprint density at radius 1 is 1.89 bits per heavy atom. The van der Waals surface area contributed by atoms with Crippen molar-refractivity contribution in [1.82, 2.24) is 0 Å². The molecule has 52 valence electrons. The monoisotopic (exact) mass is 128 g/mol. The van der Waals surface area contributed by atoms with Crippen LogP contribution in [-0.4, -0.2) is 31.2 Å². The molecule has 0 aromatic carbocycles. The molecule has 0 amide bonds. The normalized spacial score (nSPS) is 43.6. The first-order chi connectivity index (χ1) is 4.14. The second-order valence-corrected chi connectivity index (χ2v) is 3.22. The molecule has 1 heterocycles. The van der Waals surface area contributed by atoms with Gasteiger partial charge in [-0.25, -0.2) is 0 Å². The summed E-state index contributed by atoms with van der Waals surface area (Å²) in [7, 11) is 2.06. The van der Waals surface area contributed by atoms with E-state index < -0.39 is 0 Å². The van der Waals surface area contributed by atoms with Crippen LogP contribution >= 0.6 is 0 Å². The molecule has 9 heavy (non-hydrogen) atoms. The summed E-state index contributed by atoms with van der Waals surface area (Å²) >= 11 is 0. The maximum atomic E-state index is 8.67. The molecule has 0 spiro atoms. The molecule has 0 aromatic rings. The van der Waals surface area contributed by atoms with Gasteiger partial charge in [-0.1, -0.05) is 0 Å². The van der Waals surface area contributed by atoms with Crippen molar-refractivity contribution in [3.05, 3.63) is 0 Å². The van der Waals surface area contributed by atoms with Crippen molar-refractivity contribution < 1.29 is 9.84 Å². The molecule has 0 aliphatic carbocycles. The molecule has 1 aliphatic rings. The van der Waals surface area contributed by atoms with E-state index in [-0.39, 0.29) is 18.2 Å². The van der Waals surface area contributed by atoms with Gasteiger partial charge in [0.1, 0.15) is 7.85 Å². The van der Waals surface area contributed by atoms with Crippen LogP contribution in [0.15, 0.2) is 0 Å². The molecule has 0 unspecified atom stereocenters. The Bertz CT molecular complexity index is 103. The van der Waals surface area contributed by atoms with Crippen LogP contribution in [-0.2, 0) is 4.74 Å². The second kappa shape index (κ2) is 2.31. The molecule has 0 radical (unpaired) electrons. The van der Waals surface area contributed by atoms with E-state index in [2.05, 4.69) is 14.8 Å². The number of aliphatic hydroxyl groups excluding tert-OH is 1. The topological polar surface area (TPSA) is 29.5 Å². The summed E-state index contributed by atoms with van der Waals surface area (Å²) < 4.78 is 5.45. The van der Waals surface area contributed by atoms with Gasteiger partial charge in [0.05, 0.1) is 12.7 Å². The van der Waals surface area contributed by atoms with E-state index in [9.17, 15) is 0 Å². The third-order valence-corrected chi connectivity index (χ3v) is 1.76. The van der Waals surface area contributed by atoms with Gasteiger partial charge in [0.2, 0.25) is 0 Å². The number of hydrogen-bond acceptors (Lipinski definition) is 2. The van der Waals surface area contributed by atoms with Gasteiger partial charge in [0.25, 0.3) is 0 Å². The van der Waals surface area contributed by atoms with Crippen molar-refractivity contribution >= 4 is 7.85 Å². The molecule has 1 fully saturated rings. The number of ether oxygens (including phenoxy) is 1. The summed E-state index contributed by atoms with van der Waals surface area (Å²) in [5.41, 5.74) is 0.00734. The summed E-state index contributed by atoms with van der Waals surface area (Å²) in [5, 5.41) is 8.67. The Labute approximate surface area is 56.6 Å². The molecule has 0 saturated carbocycles. The van der Waals surface area contributed by atoms with Crippen LogP contribution in [0, 0.1) is 0 Å². The van der Waals surface area contributed by atoms with Crippen molar-refractivity contribution in [3.8, 4) is 0 Å². The molecule has 1 N–H and O–H groups in total. The van der Waals surface area contributed by atoms with E-state index in [1.807, 2.05) is 0 Å². The van der Waals surface area contributed by atoms with Gasteiger partial charge in [0.15, 0.2) is 0 Å². The highest BCUT2D eigenvalue weighted by molar-refractivity contribution is 6.14. The lowest BCUT2D eigenvalue weighted by molar-refractivity contribution is -0.00218. The van der Waals surface area contributed by atoms with E-state index in [4.69, 9.17) is 9.84 Å². The maximum Gasteiger partial charge on any atom is 0.142 e. The van der Waals surface area contributed by atoms with E-state index in [0.29, 0.717) is 0 Å². The van der Waals surface area contributed by atoms with Crippen LogP contribution in [0.3, 0.4) is 0 Å². The average Bonchev–Trinajstić information content (AvgIpc) is 2.10. The highest BCUT2D eigenvalue weighted by atomic mass is 16.5. The van der Waals surface area contributed by atoms with Gasteiger partial charge in [-0.15, -0.1) is 0 Å². The Morgan fingerprint density at radius 2 is 2.56 bits per heavy atom. The van der Waals surface area contributed by atoms with Gasteiger partial charge in [-0.2, -0.15) is 0 Å². The molecule has 3 heteroatoms. The van der Waals surface area contributed by atoms with Crippen LogP contribution in [0.2, 0.25) is 0 Å². The van der Waals surface area contributed by atoms with Crippen molar-refractivity contribution in [3.63, 3.8) is 0 Å². The predicted molar refractivity (Wildman–Crippen MR) is 38.1 cm³/mol. The maximum absolute atomic E-state index is 8.67. The van der Waals surface area contributed by atoms with E-state index >= 15 is 0 Å². The highest BCUT2D eigenvalue weighted by Crippen LogP contribution is 2.26. The van der Waals surface area contributed by atoms with E-state index in [0.717, 1.165) is 12.8 Å². The van der Waals surface area contributed by atoms with Crippen molar-refractivity contribution in [2.45, 2.75) is 31.4 Å². The van der Waals surface area contributed by atoms with Crippen molar-refractivity contribution in [2.24, 2.45) is 0 Å². The summed E-state index contributed by atoms with van der Waals surface area (Å²) in [6.07, 6.45) is 2.17. The molecular formula is C6H13BO2. The Hall–Kier alpha value is -0.0151. The molecule has 0 bridgehead atoms. The van der Waals surface area contributed by atoms with Crippen LogP contribution < -0.4 is 0 Å². The minimum Gasteiger partial charge on any atom is -0.394 e. The third kappa shape index (κ3) is 1.70. The molecule has 1 saturated heterocycles. The number of aliphatic hydroxyl groups is 1. The Balaban J connectivity index is 2.38. The predicted octanol–water partition coefficient (Wildman–Crippen LogP) is -0.493. The van der Waals surface area contributed by atoms with Crippen LogP contribution in [0.1, 0.15) is 19.8 Å². The molecule has 2 atom stereocenters. The average molecular weight is 128 g/mol. The van der Waals surface area contributed by atoms with Crippen LogP contribution in [0.5, 0.6) is 0 Å². The third-order valence-electron chi connectivity index (χ3n) is 1.76. The summed E-state index contributed by atoms with van der Waals surface area (Å²) in [5.74, 6) is 0. The molecule has 1 rings (SSSR count). The van der Waals surface area contributed by atoms with Gasteiger partial charge >= 0.3 is 0 Å². The lowest BCUT2D eigenvalue weighted by Crippen LogP contribution is -2.25. The van der Waals surface area contributed by atoms with Gasteiger partial charge in [0, 0.05) is 5.50 Å². The quantitative estimate of drug-likeness (QED) is 0.482. The molecule has 2 nitrogen and oxygen atoms in total. The standard InChI is InChI=1S/C6H13BO2/c1-6(7)3-2-5(4-8)9-6/h5,8H,2-4,7H2,1H3/t5-,6+/m0/s1. The fraction of sp³-hybridized carbons (Fsp3) is 1.00. The molecule has 1 aliphatic heterocycles. The van der Waals surface area contributed by atoms with E-state index in [1.54, 1.807) is 0 Å². The fourth-order valence-corrected chi connectivity index (χ4v) is 1.21. The van der Waals surface area contributed by atoms with E-state index in [1.165, 1.54) is 0 Å². The molecular weight excluding hydrogens is 115 g/mol. The van der Waals surface area contributed by atoms with Gasteiger partial charge in [-0.05, 0) is 19.8 Å². The second-order valence-electron chi connectivity index (χ2n) is 3.22. The first-order valence-corrected chi connectivity index (χ1v) is 3.43. The van der Waals surface area contributed by atoms with Crippen molar-refractivity contribution in [1.29, 1.82) is 0 Å². The van der Waals surface area contributed by atoms with Crippen LogP contribution in [0.25, 0.3) is 0 Å². The fourth-order valence-electron chi connectivity index (χ4n) is 1.21. The Morgan fingerprint density at radius 3 is 2.78 bits per heavy atom. The van der Waals surface area contributed by atoms with Gasteiger partial charge in [-0.3, -0.25) is 0 Å². The first kappa shape index (κ1) is 7.10. The Kier molecular flexibility index (Phi) is 1.82. The van der Waals surface area contributed by atoms with Crippen LogP contribution in [0.4, 0.5) is 0 Å². The molecule has 0 aromatic heterocycles. The first-order valence-electron chi connectivity index (χ1n) is 3.43. The largest absolute Gasteiger partial charge is 0.394 e. The summed E-state index contributed by atoms with van der Waals surface area (Å²) in [6.45, 7) is 2.23. The lowest BCUT2D eigenvalue weighted by Gasteiger charge is -2.17. The SMILES string of the molecule is B[C@@]1(C)CC[C@@H](CO)O1. The highest BCUT2D eigenvalue weighted by Gasteiger charge is 2.30. The zero-order valence-corrected chi connectivity index (χ0v) is 6.05. The summed E-state index contributed by atoms with van der Waals surface area (Å²) in [6, 6.07) is 0. The minimum absolute atomic E-state index is 0.00734. The number of hydrogen-bond donors (Lipinski definition) is 1. The summed E-state index contributed by atoms with van der Waals surface area (Å²) in [4.78, 5) is 0. The lowest BCUT2D eigenvalue weighted by atomic mass is 9.81. The number of rotatable bonds is 1.